The fraction of sp³-hybridized carbons (Fsp3) is 1.00. The molecule has 0 aliphatic carbocycles. The Morgan fingerprint density at radius 2 is 1.67 bits per heavy atom. The largest absolute Gasteiger partial charge is 0.417 e. The quantitative estimate of drug-likeness (QED) is 0.612. The van der Waals surface area contributed by atoms with Crippen molar-refractivity contribution in [1.29, 1.82) is 0 Å². The van der Waals surface area contributed by atoms with E-state index in [0.717, 1.165) is 6.61 Å². The Balaban J connectivity index is 4.50. The van der Waals surface area contributed by atoms with Crippen molar-refractivity contribution in [1.82, 2.24) is 0 Å². The van der Waals surface area contributed by atoms with E-state index in [1.54, 1.807) is 0 Å². The summed E-state index contributed by atoms with van der Waals surface area (Å²) < 4.78 is 5.89. The number of hydrogen-bond donors (Lipinski definition) is 0. The van der Waals surface area contributed by atoms with Crippen LogP contribution in [-0.4, -0.2) is 14.9 Å². The molecule has 12 heavy (non-hydrogen) atoms. The van der Waals surface area contributed by atoms with Crippen LogP contribution in [0, 0.1) is 5.92 Å². The third kappa shape index (κ3) is 2.33. The predicted molar refractivity (Wildman–Crippen MR) is 58.0 cm³/mol. The average Bonchev–Trinajstić information content (AvgIpc) is 1.86. The van der Waals surface area contributed by atoms with E-state index in [-0.39, 0.29) is 0 Å². The highest BCUT2D eigenvalue weighted by Gasteiger charge is 2.42. The van der Waals surface area contributed by atoms with Crippen LogP contribution >= 0.6 is 0 Å². The molecule has 0 aliphatic rings. The van der Waals surface area contributed by atoms with E-state index >= 15 is 0 Å². The maximum absolute atomic E-state index is 5.89. The van der Waals surface area contributed by atoms with Gasteiger partial charge in [0.2, 0.25) is 0 Å². The first kappa shape index (κ1) is 12.2. The highest BCUT2D eigenvalue weighted by molar-refractivity contribution is 6.74. The second-order valence-electron chi connectivity index (χ2n) is 4.82. The van der Waals surface area contributed by atoms with Gasteiger partial charge in [-0.05, 0) is 31.0 Å². The summed E-state index contributed by atoms with van der Waals surface area (Å²) in [6.45, 7) is 16.8. The average molecular weight is 188 g/mol. The normalized spacial score (nSPS) is 14.0. The molecule has 0 unspecified atom stereocenters. The van der Waals surface area contributed by atoms with Gasteiger partial charge in [0.15, 0.2) is 8.32 Å². The molecule has 0 amide bonds. The standard InChI is InChI=1S/C10H24OSi/c1-8-11-12(6,7)10(4,5)9(2)3/h9H,8H2,1-7H3. The van der Waals surface area contributed by atoms with Crippen LogP contribution in [0.3, 0.4) is 0 Å². The van der Waals surface area contributed by atoms with Crippen LogP contribution in [0.1, 0.15) is 34.6 Å². The number of rotatable bonds is 4. The molecule has 1 nitrogen and oxygen atoms in total. The van der Waals surface area contributed by atoms with Gasteiger partial charge in [0.05, 0.1) is 0 Å². The van der Waals surface area contributed by atoms with E-state index in [2.05, 4.69) is 47.7 Å². The molecule has 0 aromatic rings. The van der Waals surface area contributed by atoms with E-state index in [1.807, 2.05) is 0 Å². The summed E-state index contributed by atoms with van der Waals surface area (Å²) in [6, 6.07) is 0. The van der Waals surface area contributed by atoms with Gasteiger partial charge in [-0.1, -0.05) is 27.7 Å². The van der Waals surface area contributed by atoms with E-state index in [9.17, 15) is 0 Å². The lowest BCUT2D eigenvalue weighted by Crippen LogP contribution is -2.45. The summed E-state index contributed by atoms with van der Waals surface area (Å²) in [6.07, 6.45) is 0. The van der Waals surface area contributed by atoms with Crippen molar-refractivity contribution in [3.63, 3.8) is 0 Å². The topological polar surface area (TPSA) is 9.23 Å². The third-order valence-corrected chi connectivity index (χ3v) is 8.19. The van der Waals surface area contributed by atoms with Gasteiger partial charge in [-0.3, -0.25) is 0 Å². The molecule has 74 valence electrons. The van der Waals surface area contributed by atoms with Gasteiger partial charge in [-0.25, -0.2) is 0 Å². The van der Waals surface area contributed by atoms with Gasteiger partial charge < -0.3 is 4.43 Å². The zero-order valence-electron chi connectivity index (χ0n) is 9.69. The van der Waals surface area contributed by atoms with Gasteiger partial charge in [0, 0.05) is 6.61 Å². The lowest BCUT2D eigenvalue weighted by molar-refractivity contribution is 0.282. The van der Waals surface area contributed by atoms with E-state index in [0.29, 0.717) is 11.0 Å². The van der Waals surface area contributed by atoms with Crippen molar-refractivity contribution in [2.45, 2.75) is 52.8 Å². The summed E-state index contributed by atoms with van der Waals surface area (Å²) in [4.78, 5) is 0. The van der Waals surface area contributed by atoms with Gasteiger partial charge in [-0.15, -0.1) is 0 Å². The van der Waals surface area contributed by atoms with Crippen molar-refractivity contribution >= 4 is 8.32 Å². The SMILES string of the molecule is CCO[Si](C)(C)C(C)(C)C(C)C. The fourth-order valence-electron chi connectivity index (χ4n) is 1.24. The molecule has 0 aromatic carbocycles. The molecule has 2 heteroatoms. The molecule has 0 saturated heterocycles. The first-order valence-corrected chi connectivity index (χ1v) is 7.80. The Morgan fingerprint density at radius 3 is 1.92 bits per heavy atom. The van der Waals surface area contributed by atoms with Crippen LogP contribution in [-0.2, 0) is 4.43 Å². The van der Waals surface area contributed by atoms with Crippen LogP contribution in [0.2, 0.25) is 18.1 Å². The lowest BCUT2D eigenvalue weighted by atomic mass is 9.99. The minimum atomic E-state index is -1.49. The van der Waals surface area contributed by atoms with Crippen LogP contribution in [0.25, 0.3) is 0 Å². The monoisotopic (exact) mass is 188 g/mol. The second kappa shape index (κ2) is 3.92. The van der Waals surface area contributed by atoms with Crippen LogP contribution in [0.5, 0.6) is 0 Å². The molecule has 0 saturated carbocycles. The third-order valence-electron chi connectivity index (χ3n) is 3.50. The summed E-state index contributed by atoms with van der Waals surface area (Å²) in [7, 11) is -1.49. The van der Waals surface area contributed by atoms with Crippen molar-refractivity contribution in [2.24, 2.45) is 5.92 Å². The van der Waals surface area contributed by atoms with E-state index < -0.39 is 8.32 Å². The van der Waals surface area contributed by atoms with Crippen LogP contribution in [0.4, 0.5) is 0 Å². The van der Waals surface area contributed by atoms with Crippen molar-refractivity contribution < 1.29 is 4.43 Å². The van der Waals surface area contributed by atoms with E-state index in [1.165, 1.54) is 0 Å². The van der Waals surface area contributed by atoms with Gasteiger partial charge in [0.1, 0.15) is 0 Å². The predicted octanol–water partition coefficient (Wildman–Crippen LogP) is 3.66. The van der Waals surface area contributed by atoms with Gasteiger partial charge in [0.25, 0.3) is 0 Å². The molecule has 0 aliphatic heterocycles. The first-order valence-electron chi connectivity index (χ1n) is 4.89. The summed E-state index contributed by atoms with van der Waals surface area (Å²) in [5, 5.41) is 0.364. The molecule has 0 fully saturated rings. The lowest BCUT2D eigenvalue weighted by Gasteiger charge is -2.42. The summed E-state index contributed by atoms with van der Waals surface area (Å²) in [5.41, 5.74) is 0. The van der Waals surface area contributed by atoms with Crippen molar-refractivity contribution in [3.8, 4) is 0 Å². The molecule has 0 aromatic heterocycles. The van der Waals surface area contributed by atoms with Crippen molar-refractivity contribution in [3.05, 3.63) is 0 Å². The van der Waals surface area contributed by atoms with Gasteiger partial charge in [-0.2, -0.15) is 0 Å². The minimum absolute atomic E-state index is 0.364. The molecular formula is C10H24OSi. The van der Waals surface area contributed by atoms with E-state index in [4.69, 9.17) is 4.43 Å². The summed E-state index contributed by atoms with van der Waals surface area (Å²) >= 11 is 0. The Kier molecular flexibility index (Phi) is 3.98. The maximum atomic E-state index is 5.89. The Bertz CT molecular complexity index is 139. The molecular weight excluding hydrogens is 164 g/mol. The Hall–Kier alpha value is 0.177. The molecule has 0 bridgehead atoms. The summed E-state index contributed by atoms with van der Waals surface area (Å²) in [5.74, 6) is 0.700. The zero-order valence-corrected chi connectivity index (χ0v) is 10.7. The van der Waals surface area contributed by atoms with Gasteiger partial charge >= 0.3 is 0 Å². The second-order valence-corrected chi connectivity index (χ2v) is 9.42. The zero-order chi connectivity index (χ0) is 9.99. The fourth-order valence-corrected chi connectivity index (χ4v) is 3.73. The Morgan fingerprint density at radius 1 is 1.25 bits per heavy atom. The minimum Gasteiger partial charge on any atom is -0.417 e. The van der Waals surface area contributed by atoms with Crippen molar-refractivity contribution in [2.75, 3.05) is 6.61 Å². The first-order chi connectivity index (χ1) is 5.25. The van der Waals surface area contributed by atoms with Crippen LogP contribution in [0.15, 0.2) is 0 Å². The highest BCUT2D eigenvalue weighted by Crippen LogP contribution is 2.44. The Labute approximate surface area is 78.6 Å². The highest BCUT2D eigenvalue weighted by atomic mass is 28.4. The molecule has 0 spiro atoms. The molecule has 0 atom stereocenters. The molecule has 0 rings (SSSR count). The number of hydrogen-bond acceptors (Lipinski definition) is 1. The van der Waals surface area contributed by atoms with Crippen LogP contribution < -0.4 is 0 Å². The molecule has 0 N–H and O–H groups in total. The molecule has 0 heterocycles. The molecule has 0 radical (unpaired) electrons. The maximum Gasteiger partial charge on any atom is 0.192 e. The smallest absolute Gasteiger partial charge is 0.192 e.